The minimum absolute atomic E-state index is 0.00216. The lowest BCUT2D eigenvalue weighted by molar-refractivity contribution is -0.0985. The number of allylic oxidation sites excluding steroid dienone is 2. The first-order chi connectivity index (χ1) is 7.20. The Balaban J connectivity index is 0. The van der Waals surface area contributed by atoms with Crippen LogP contribution < -0.4 is 5.32 Å². The molecule has 0 fully saturated rings. The van der Waals surface area contributed by atoms with Crippen LogP contribution >= 0.6 is 0 Å². The highest BCUT2D eigenvalue weighted by Crippen LogP contribution is 1.88. The van der Waals surface area contributed by atoms with Gasteiger partial charge in [-0.15, -0.1) is 0 Å². The fraction of sp³-hybridized carbons (Fsp3) is 0.818. The Morgan fingerprint density at radius 2 is 1.93 bits per heavy atom. The van der Waals surface area contributed by atoms with E-state index in [0.29, 0.717) is 13.1 Å². The van der Waals surface area contributed by atoms with Gasteiger partial charge in [-0.3, -0.25) is 0 Å². The number of rotatable bonds is 7. The molecule has 0 aliphatic carbocycles. The highest BCUT2D eigenvalue weighted by molar-refractivity contribution is 4.91. The maximum absolute atomic E-state index is 9.10. The van der Waals surface area contributed by atoms with Gasteiger partial charge in [-0.05, 0) is 20.3 Å². The molecule has 0 saturated carbocycles. The summed E-state index contributed by atoms with van der Waals surface area (Å²) in [6.07, 6.45) is 2.87. The molecule has 0 radical (unpaired) electrons. The van der Waals surface area contributed by atoms with Crippen molar-refractivity contribution >= 4 is 0 Å². The largest absolute Gasteiger partial charge is 0.395 e. The van der Waals surface area contributed by atoms with Crippen molar-refractivity contribution in [1.29, 1.82) is 0 Å². The van der Waals surface area contributed by atoms with Crippen molar-refractivity contribution in [3.05, 3.63) is 11.8 Å². The van der Waals surface area contributed by atoms with Crippen molar-refractivity contribution in [2.75, 3.05) is 26.2 Å². The highest BCUT2D eigenvalue weighted by atomic mass is 16.5. The van der Waals surface area contributed by atoms with E-state index in [-0.39, 0.29) is 6.61 Å². The number of nitrogens with zero attached hydrogens (tertiary/aromatic N) is 1. The summed E-state index contributed by atoms with van der Waals surface area (Å²) in [5, 5.41) is 21.9. The quantitative estimate of drug-likeness (QED) is 0.449. The Labute approximate surface area is 93.6 Å². The SMILES string of the molecule is C/C=C(\C)NCCCN(O)CCO.CC. The second-order valence-electron chi connectivity index (χ2n) is 2.93. The maximum Gasteiger partial charge on any atom is 0.0581 e. The van der Waals surface area contributed by atoms with Crippen LogP contribution in [0.25, 0.3) is 0 Å². The lowest BCUT2D eigenvalue weighted by atomic mass is 10.3. The van der Waals surface area contributed by atoms with Crippen LogP contribution in [0.15, 0.2) is 11.8 Å². The van der Waals surface area contributed by atoms with Crippen molar-refractivity contribution < 1.29 is 10.3 Å². The van der Waals surface area contributed by atoms with Gasteiger partial charge in [-0.25, -0.2) is 0 Å². The number of nitrogens with one attached hydrogen (secondary N) is 1. The van der Waals surface area contributed by atoms with Crippen LogP contribution in [0.4, 0.5) is 0 Å². The summed E-state index contributed by atoms with van der Waals surface area (Å²) >= 11 is 0. The van der Waals surface area contributed by atoms with E-state index in [1.54, 1.807) is 0 Å². The van der Waals surface area contributed by atoms with Crippen LogP contribution in [0, 0.1) is 0 Å². The van der Waals surface area contributed by atoms with E-state index in [1.165, 1.54) is 0 Å². The lowest BCUT2D eigenvalue weighted by Crippen LogP contribution is -2.26. The van der Waals surface area contributed by atoms with Crippen LogP contribution in [-0.2, 0) is 0 Å². The van der Waals surface area contributed by atoms with Gasteiger partial charge in [0.1, 0.15) is 0 Å². The smallest absolute Gasteiger partial charge is 0.0581 e. The van der Waals surface area contributed by atoms with Gasteiger partial charge in [0.25, 0.3) is 0 Å². The van der Waals surface area contributed by atoms with Gasteiger partial charge < -0.3 is 15.6 Å². The number of hydrogen-bond acceptors (Lipinski definition) is 4. The molecule has 0 spiro atoms. The fourth-order valence-corrected chi connectivity index (χ4v) is 0.876. The van der Waals surface area contributed by atoms with E-state index in [9.17, 15) is 0 Å². The summed E-state index contributed by atoms with van der Waals surface area (Å²) in [6.45, 7) is 9.74. The molecule has 0 atom stereocenters. The third-order valence-corrected chi connectivity index (χ3v) is 1.79. The van der Waals surface area contributed by atoms with Crippen molar-refractivity contribution in [3.63, 3.8) is 0 Å². The molecular formula is C11H26N2O2. The molecule has 15 heavy (non-hydrogen) atoms. The van der Waals surface area contributed by atoms with Crippen molar-refractivity contribution in [1.82, 2.24) is 10.4 Å². The average molecular weight is 218 g/mol. The molecular weight excluding hydrogens is 192 g/mol. The molecule has 0 aliphatic heterocycles. The van der Waals surface area contributed by atoms with Crippen LogP contribution in [0.1, 0.15) is 34.1 Å². The molecule has 3 N–H and O–H groups in total. The number of aliphatic hydroxyl groups excluding tert-OH is 1. The maximum atomic E-state index is 9.10. The molecule has 0 aromatic heterocycles. The third kappa shape index (κ3) is 13.4. The van der Waals surface area contributed by atoms with E-state index in [0.717, 1.165) is 23.7 Å². The zero-order valence-electron chi connectivity index (χ0n) is 10.5. The van der Waals surface area contributed by atoms with Crippen LogP contribution in [0.2, 0.25) is 0 Å². The molecule has 0 aromatic rings. The Bertz CT molecular complexity index is 150. The second-order valence-corrected chi connectivity index (χ2v) is 2.93. The topological polar surface area (TPSA) is 55.7 Å². The Morgan fingerprint density at radius 3 is 2.40 bits per heavy atom. The molecule has 0 amide bonds. The van der Waals surface area contributed by atoms with E-state index < -0.39 is 0 Å². The standard InChI is InChI=1S/C9H20N2O2.C2H6/c1-3-9(2)10-5-4-6-11(13)7-8-12;1-2/h3,10,12-13H,4-8H2,1-2H3;1-2H3/b9-3+;. The number of hydrogen-bond donors (Lipinski definition) is 3. The van der Waals surface area contributed by atoms with Gasteiger partial charge in [0.15, 0.2) is 0 Å². The monoisotopic (exact) mass is 218 g/mol. The van der Waals surface area contributed by atoms with Crippen molar-refractivity contribution in [2.24, 2.45) is 0 Å². The van der Waals surface area contributed by atoms with Crippen LogP contribution in [0.5, 0.6) is 0 Å². The molecule has 0 rings (SSSR count). The van der Waals surface area contributed by atoms with Gasteiger partial charge in [-0.2, -0.15) is 5.06 Å². The summed E-state index contributed by atoms with van der Waals surface area (Å²) in [4.78, 5) is 0. The summed E-state index contributed by atoms with van der Waals surface area (Å²) in [5.41, 5.74) is 1.15. The summed E-state index contributed by atoms with van der Waals surface area (Å²) in [6, 6.07) is 0. The van der Waals surface area contributed by atoms with Crippen molar-refractivity contribution in [2.45, 2.75) is 34.1 Å². The molecule has 4 nitrogen and oxygen atoms in total. The minimum atomic E-state index is -0.00216. The Kier molecular flexibility index (Phi) is 15.1. The zero-order valence-corrected chi connectivity index (χ0v) is 10.5. The molecule has 0 heterocycles. The first kappa shape index (κ1) is 16.8. The van der Waals surface area contributed by atoms with E-state index >= 15 is 0 Å². The highest BCUT2D eigenvalue weighted by Gasteiger charge is 1.97. The van der Waals surface area contributed by atoms with E-state index in [4.69, 9.17) is 10.3 Å². The Hall–Kier alpha value is -0.580. The predicted octanol–water partition coefficient (Wildman–Crippen LogP) is 1.60. The van der Waals surface area contributed by atoms with Crippen LogP contribution in [0.3, 0.4) is 0 Å². The third-order valence-electron chi connectivity index (χ3n) is 1.79. The van der Waals surface area contributed by atoms with E-state index in [1.807, 2.05) is 33.8 Å². The second kappa shape index (κ2) is 13.4. The molecule has 92 valence electrons. The Morgan fingerprint density at radius 1 is 1.33 bits per heavy atom. The molecule has 0 aliphatic rings. The normalized spacial score (nSPS) is 11.0. The van der Waals surface area contributed by atoms with Gasteiger partial charge >= 0.3 is 0 Å². The summed E-state index contributed by atoms with van der Waals surface area (Å²) in [7, 11) is 0. The minimum Gasteiger partial charge on any atom is -0.395 e. The summed E-state index contributed by atoms with van der Waals surface area (Å²) in [5.74, 6) is 0. The average Bonchev–Trinajstić information content (AvgIpc) is 2.27. The first-order valence-corrected chi connectivity index (χ1v) is 5.62. The molecule has 0 unspecified atom stereocenters. The number of hydroxylamine groups is 2. The molecule has 0 aromatic carbocycles. The van der Waals surface area contributed by atoms with Gasteiger partial charge in [0.05, 0.1) is 6.61 Å². The first-order valence-electron chi connectivity index (χ1n) is 5.62. The van der Waals surface area contributed by atoms with Gasteiger partial charge in [-0.1, -0.05) is 19.9 Å². The molecule has 0 bridgehead atoms. The van der Waals surface area contributed by atoms with E-state index in [2.05, 4.69) is 5.32 Å². The molecule has 4 heteroatoms. The predicted molar refractivity (Wildman–Crippen MR) is 63.8 cm³/mol. The van der Waals surface area contributed by atoms with Crippen LogP contribution in [-0.4, -0.2) is 41.6 Å². The molecule has 0 saturated heterocycles. The fourth-order valence-electron chi connectivity index (χ4n) is 0.876. The van der Waals surface area contributed by atoms with Gasteiger partial charge in [0.2, 0.25) is 0 Å². The lowest BCUT2D eigenvalue weighted by Gasteiger charge is -2.13. The number of aliphatic hydroxyl groups is 1. The zero-order chi connectivity index (χ0) is 12.1. The summed E-state index contributed by atoms with van der Waals surface area (Å²) < 4.78 is 0. The van der Waals surface area contributed by atoms with Gasteiger partial charge in [0, 0.05) is 25.3 Å². The van der Waals surface area contributed by atoms with Crippen molar-refractivity contribution in [3.8, 4) is 0 Å².